The summed E-state index contributed by atoms with van der Waals surface area (Å²) >= 11 is 0. The highest BCUT2D eigenvalue weighted by molar-refractivity contribution is 5.94. The van der Waals surface area contributed by atoms with Crippen LogP contribution in [0.3, 0.4) is 0 Å². The molecule has 74 valence electrons. The summed E-state index contributed by atoms with van der Waals surface area (Å²) in [5.74, 6) is 0.0340. The lowest BCUT2D eigenvalue weighted by Crippen LogP contribution is -2.13. The standard InChI is InChI=1S/C10H16O3/c1-8(11)6-10(12)13-7-9-4-2-3-5-9/h9H,2-7H2,1H3. The lowest BCUT2D eigenvalue weighted by atomic mass is 10.1. The lowest BCUT2D eigenvalue weighted by Gasteiger charge is -2.08. The van der Waals surface area contributed by atoms with Crippen molar-refractivity contribution in [3.63, 3.8) is 0 Å². The van der Waals surface area contributed by atoms with Crippen molar-refractivity contribution in [3.8, 4) is 0 Å². The highest BCUT2D eigenvalue weighted by atomic mass is 16.5. The quantitative estimate of drug-likeness (QED) is 0.493. The van der Waals surface area contributed by atoms with Gasteiger partial charge in [0.25, 0.3) is 0 Å². The lowest BCUT2D eigenvalue weighted by molar-refractivity contribution is -0.146. The molecule has 0 unspecified atom stereocenters. The van der Waals surface area contributed by atoms with E-state index >= 15 is 0 Å². The second kappa shape index (κ2) is 5.00. The van der Waals surface area contributed by atoms with Crippen LogP contribution in [0.5, 0.6) is 0 Å². The average molecular weight is 184 g/mol. The summed E-state index contributed by atoms with van der Waals surface area (Å²) in [6, 6.07) is 0. The molecule has 1 aliphatic rings. The number of hydrogen-bond acceptors (Lipinski definition) is 3. The van der Waals surface area contributed by atoms with Crippen molar-refractivity contribution < 1.29 is 14.3 Å². The number of carbonyl (C=O) groups excluding carboxylic acids is 2. The van der Waals surface area contributed by atoms with E-state index in [9.17, 15) is 9.59 Å². The number of ketones is 1. The maximum absolute atomic E-state index is 11.0. The fourth-order valence-electron chi connectivity index (χ4n) is 1.64. The fourth-order valence-corrected chi connectivity index (χ4v) is 1.64. The maximum atomic E-state index is 11.0. The van der Waals surface area contributed by atoms with E-state index in [0.29, 0.717) is 12.5 Å². The Morgan fingerprint density at radius 3 is 2.46 bits per heavy atom. The number of rotatable bonds is 4. The van der Waals surface area contributed by atoms with Gasteiger partial charge in [-0.2, -0.15) is 0 Å². The predicted octanol–water partition coefficient (Wildman–Crippen LogP) is 1.70. The smallest absolute Gasteiger partial charge is 0.313 e. The molecule has 0 N–H and O–H groups in total. The van der Waals surface area contributed by atoms with Gasteiger partial charge in [0.2, 0.25) is 0 Å². The largest absolute Gasteiger partial charge is 0.465 e. The van der Waals surface area contributed by atoms with E-state index in [4.69, 9.17) is 4.74 Å². The van der Waals surface area contributed by atoms with Crippen LogP contribution in [-0.4, -0.2) is 18.4 Å². The molecule has 1 saturated carbocycles. The molecule has 0 spiro atoms. The van der Waals surface area contributed by atoms with Crippen LogP contribution in [0.25, 0.3) is 0 Å². The Balaban J connectivity index is 2.10. The van der Waals surface area contributed by atoms with Gasteiger partial charge in [-0.3, -0.25) is 9.59 Å². The van der Waals surface area contributed by atoms with Crippen LogP contribution in [-0.2, 0) is 14.3 Å². The fraction of sp³-hybridized carbons (Fsp3) is 0.800. The van der Waals surface area contributed by atoms with Gasteiger partial charge in [-0.05, 0) is 25.7 Å². The SMILES string of the molecule is CC(=O)CC(=O)OCC1CCCC1. The molecule has 0 atom stereocenters. The zero-order chi connectivity index (χ0) is 9.68. The van der Waals surface area contributed by atoms with Crippen LogP contribution >= 0.6 is 0 Å². The van der Waals surface area contributed by atoms with Gasteiger partial charge in [0.1, 0.15) is 12.2 Å². The summed E-state index contributed by atoms with van der Waals surface area (Å²) in [4.78, 5) is 21.5. The summed E-state index contributed by atoms with van der Waals surface area (Å²) in [7, 11) is 0. The van der Waals surface area contributed by atoms with Crippen LogP contribution in [0.2, 0.25) is 0 Å². The summed E-state index contributed by atoms with van der Waals surface area (Å²) < 4.78 is 4.98. The van der Waals surface area contributed by atoms with Gasteiger partial charge >= 0.3 is 5.97 Å². The van der Waals surface area contributed by atoms with Gasteiger partial charge in [0, 0.05) is 0 Å². The molecule has 0 amide bonds. The van der Waals surface area contributed by atoms with Crippen molar-refractivity contribution in [2.75, 3.05) is 6.61 Å². The molecule has 0 aromatic carbocycles. The normalized spacial score (nSPS) is 17.3. The van der Waals surface area contributed by atoms with E-state index in [1.807, 2.05) is 0 Å². The summed E-state index contributed by atoms with van der Waals surface area (Å²) in [6.07, 6.45) is 4.73. The molecule has 0 aromatic rings. The van der Waals surface area contributed by atoms with Gasteiger partial charge in [-0.25, -0.2) is 0 Å². The molecular formula is C10H16O3. The third-order valence-electron chi connectivity index (χ3n) is 2.35. The zero-order valence-corrected chi connectivity index (χ0v) is 8.04. The van der Waals surface area contributed by atoms with Crippen molar-refractivity contribution in [3.05, 3.63) is 0 Å². The minimum Gasteiger partial charge on any atom is -0.465 e. The highest BCUT2D eigenvalue weighted by Crippen LogP contribution is 2.24. The molecule has 3 nitrogen and oxygen atoms in total. The molecule has 0 bridgehead atoms. The molecule has 0 aliphatic heterocycles. The van der Waals surface area contributed by atoms with Crippen molar-refractivity contribution in [1.82, 2.24) is 0 Å². The zero-order valence-electron chi connectivity index (χ0n) is 8.04. The van der Waals surface area contributed by atoms with Gasteiger partial charge in [-0.15, -0.1) is 0 Å². The number of esters is 1. The number of Topliss-reactive ketones (excluding diaryl/α,β-unsaturated/α-hetero) is 1. The highest BCUT2D eigenvalue weighted by Gasteiger charge is 2.17. The third kappa shape index (κ3) is 4.06. The van der Waals surface area contributed by atoms with Crippen LogP contribution in [0.4, 0.5) is 0 Å². The Morgan fingerprint density at radius 2 is 1.92 bits per heavy atom. The Labute approximate surface area is 78.5 Å². The number of ether oxygens (including phenoxy) is 1. The maximum Gasteiger partial charge on any atom is 0.313 e. The van der Waals surface area contributed by atoms with Gasteiger partial charge in [0.05, 0.1) is 6.61 Å². The second-order valence-corrected chi connectivity index (χ2v) is 3.71. The molecule has 0 radical (unpaired) electrons. The minimum atomic E-state index is -0.376. The van der Waals surface area contributed by atoms with Crippen molar-refractivity contribution in [2.24, 2.45) is 5.92 Å². The van der Waals surface area contributed by atoms with Gasteiger partial charge < -0.3 is 4.74 Å². The molecule has 1 rings (SSSR count). The molecule has 0 heterocycles. The average Bonchev–Trinajstić information content (AvgIpc) is 2.51. The van der Waals surface area contributed by atoms with E-state index in [-0.39, 0.29) is 18.2 Å². The summed E-state index contributed by atoms with van der Waals surface area (Å²) in [5.41, 5.74) is 0. The predicted molar refractivity (Wildman–Crippen MR) is 48.2 cm³/mol. The van der Waals surface area contributed by atoms with E-state index < -0.39 is 0 Å². The number of hydrogen-bond donors (Lipinski definition) is 0. The minimum absolute atomic E-state index is 0.0767. The molecule has 0 saturated heterocycles. The third-order valence-corrected chi connectivity index (χ3v) is 2.35. The molecule has 1 aliphatic carbocycles. The molecule has 13 heavy (non-hydrogen) atoms. The van der Waals surface area contributed by atoms with E-state index in [1.54, 1.807) is 0 Å². The van der Waals surface area contributed by atoms with E-state index in [2.05, 4.69) is 0 Å². The Kier molecular flexibility index (Phi) is 3.93. The molecule has 1 fully saturated rings. The Morgan fingerprint density at radius 1 is 1.31 bits per heavy atom. The molecular weight excluding hydrogens is 168 g/mol. The first-order chi connectivity index (χ1) is 6.18. The van der Waals surface area contributed by atoms with Crippen LogP contribution in [0.15, 0.2) is 0 Å². The monoisotopic (exact) mass is 184 g/mol. The Bertz CT molecular complexity index is 192. The second-order valence-electron chi connectivity index (χ2n) is 3.71. The van der Waals surface area contributed by atoms with Crippen molar-refractivity contribution in [2.45, 2.75) is 39.0 Å². The van der Waals surface area contributed by atoms with Gasteiger partial charge in [0.15, 0.2) is 0 Å². The van der Waals surface area contributed by atoms with Crippen LogP contribution < -0.4 is 0 Å². The van der Waals surface area contributed by atoms with Crippen molar-refractivity contribution >= 4 is 11.8 Å². The van der Waals surface area contributed by atoms with Crippen LogP contribution in [0.1, 0.15) is 39.0 Å². The summed E-state index contributed by atoms with van der Waals surface area (Å²) in [5, 5.41) is 0. The first-order valence-electron chi connectivity index (χ1n) is 4.83. The van der Waals surface area contributed by atoms with Gasteiger partial charge in [-0.1, -0.05) is 12.8 Å². The van der Waals surface area contributed by atoms with E-state index in [0.717, 1.165) is 12.8 Å². The van der Waals surface area contributed by atoms with Crippen molar-refractivity contribution in [1.29, 1.82) is 0 Å². The Hall–Kier alpha value is -0.860. The van der Waals surface area contributed by atoms with Crippen LogP contribution in [0, 0.1) is 5.92 Å². The molecule has 3 heteroatoms. The molecule has 0 aromatic heterocycles. The first kappa shape index (κ1) is 10.2. The first-order valence-corrected chi connectivity index (χ1v) is 4.83. The topological polar surface area (TPSA) is 43.4 Å². The number of carbonyl (C=O) groups is 2. The van der Waals surface area contributed by atoms with E-state index in [1.165, 1.54) is 19.8 Å². The summed E-state index contributed by atoms with van der Waals surface area (Å²) in [6.45, 7) is 1.91.